The molecule has 0 unspecified atom stereocenters. The van der Waals surface area contributed by atoms with Crippen LogP contribution in [0.15, 0.2) is 24.0 Å². The van der Waals surface area contributed by atoms with Crippen molar-refractivity contribution in [2.75, 3.05) is 7.05 Å². The van der Waals surface area contributed by atoms with Gasteiger partial charge >= 0.3 is 0 Å². The van der Waals surface area contributed by atoms with Crippen molar-refractivity contribution in [1.29, 1.82) is 0 Å². The van der Waals surface area contributed by atoms with E-state index in [1.807, 2.05) is 45.0 Å². The topological polar surface area (TPSA) is 3.24 Å². The highest BCUT2D eigenvalue weighted by atomic mass is 15.0. The predicted octanol–water partition coefficient (Wildman–Crippen LogP) is 3.40. The lowest BCUT2D eigenvalue weighted by Crippen LogP contribution is -1.99. The van der Waals surface area contributed by atoms with Crippen LogP contribution in [0.4, 0.5) is 0 Å². The molecule has 0 aliphatic rings. The van der Waals surface area contributed by atoms with E-state index in [0.29, 0.717) is 0 Å². The molecule has 0 saturated carbocycles. The average Bonchev–Trinajstić information content (AvgIpc) is 1.91. The lowest BCUT2D eigenvalue weighted by molar-refractivity contribution is 0.618. The van der Waals surface area contributed by atoms with E-state index < -0.39 is 0 Å². The summed E-state index contributed by atoms with van der Waals surface area (Å²) in [5, 5.41) is 0. The Labute approximate surface area is 71.4 Å². The molecule has 0 aliphatic heterocycles. The Morgan fingerprint density at radius 3 is 1.91 bits per heavy atom. The number of nitrogens with zero attached hydrogens (tertiary/aromatic N) is 1. The van der Waals surface area contributed by atoms with E-state index in [4.69, 9.17) is 0 Å². The van der Waals surface area contributed by atoms with E-state index in [9.17, 15) is 0 Å². The number of hydrogen-bond donors (Lipinski definition) is 0. The van der Waals surface area contributed by atoms with Gasteiger partial charge in [0.05, 0.1) is 0 Å². The summed E-state index contributed by atoms with van der Waals surface area (Å²) in [5.41, 5.74) is 1.32. The molecule has 1 heteroatoms. The van der Waals surface area contributed by atoms with Crippen LogP contribution in [0.1, 0.15) is 34.6 Å². The second-order valence-corrected chi connectivity index (χ2v) is 2.35. The van der Waals surface area contributed by atoms with Crippen molar-refractivity contribution in [1.82, 2.24) is 4.90 Å². The molecule has 0 bridgehead atoms. The van der Waals surface area contributed by atoms with Crippen molar-refractivity contribution < 1.29 is 0 Å². The van der Waals surface area contributed by atoms with Crippen LogP contribution in [-0.4, -0.2) is 11.9 Å². The molecule has 0 fully saturated rings. The Morgan fingerprint density at radius 1 is 1.18 bits per heavy atom. The third-order valence-electron chi connectivity index (χ3n) is 0.846. The van der Waals surface area contributed by atoms with Crippen LogP contribution < -0.4 is 0 Å². The van der Waals surface area contributed by atoms with Gasteiger partial charge in [0.25, 0.3) is 0 Å². The molecule has 0 saturated heterocycles. The summed E-state index contributed by atoms with van der Waals surface area (Å²) in [7, 11) is 2.02. The summed E-state index contributed by atoms with van der Waals surface area (Å²) in [4.78, 5) is 2.04. The van der Waals surface area contributed by atoms with Crippen LogP contribution in [0.3, 0.4) is 0 Å². The van der Waals surface area contributed by atoms with Gasteiger partial charge in [-0.2, -0.15) is 0 Å². The van der Waals surface area contributed by atoms with Gasteiger partial charge < -0.3 is 4.90 Å². The van der Waals surface area contributed by atoms with Crippen LogP contribution in [0.5, 0.6) is 0 Å². The summed E-state index contributed by atoms with van der Waals surface area (Å²) in [6.45, 7) is 10.2. The van der Waals surface area contributed by atoms with Crippen LogP contribution >= 0.6 is 0 Å². The van der Waals surface area contributed by atoms with E-state index in [1.54, 1.807) is 0 Å². The lowest BCUT2D eigenvalue weighted by atomic mass is 10.4. The minimum absolute atomic E-state index is 1.32. The zero-order valence-corrected chi connectivity index (χ0v) is 8.68. The first kappa shape index (κ1) is 12.9. The molecule has 0 spiro atoms. The molecule has 0 amide bonds. The highest BCUT2D eigenvalue weighted by Crippen LogP contribution is 1.92. The van der Waals surface area contributed by atoms with Crippen LogP contribution in [0.25, 0.3) is 0 Å². The van der Waals surface area contributed by atoms with Crippen LogP contribution in [0, 0.1) is 0 Å². The SMILES string of the molecule is C/C=C\N(C)C=C(C)C.CC. The molecule has 0 aromatic heterocycles. The fourth-order valence-electron chi connectivity index (χ4n) is 0.685. The molecule has 0 rings (SSSR count). The molecule has 1 nitrogen and oxygen atoms in total. The van der Waals surface area contributed by atoms with E-state index in [1.165, 1.54) is 5.57 Å². The first-order valence-corrected chi connectivity index (χ1v) is 4.16. The second kappa shape index (κ2) is 9.28. The summed E-state index contributed by atoms with van der Waals surface area (Å²) in [5.74, 6) is 0. The van der Waals surface area contributed by atoms with Gasteiger partial charge in [0, 0.05) is 13.2 Å². The van der Waals surface area contributed by atoms with Crippen LogP contribution in [0.2, 0.25) is 0 Å². The van der Waals surface area contributed by atoms with E-state index >= 15 is 0 Å². The lowest BCUT2D eigenvalue weighted by Gasteiger charge is -2.06. The van der Waals surface area contributed by atoms with Crippen LogP contribution in [-0.2, 0) is 0 Å². The first-order chi connectivity index (χ1) is 5.16. The summed E-state index contributed by atoms with van der Waals surface area (Å²) >= 11 is 0. The summed E-state index contributed by atoms with van der Waals surface area (Å²) in [6, 6.07) is 0. The molecule has 11 heavy (non-hydrogen) atoms. The maximum absolute atomic E-state index is 2.08. The van der Waals surface area contributed by atoms with Crippen molar-refractivity contribution in [2.24, 2.45) is 0 Å². The molecule has 0 N–H and O–H groups in total. The number of hydrogen-bond acceptors (Lipinski definition) is 1. The molecule has 0 heterocycles. The van der Waals surface area contributed by atoms with Gasteiger partial charge in [-0.1, -0.05) is 25.5 Å². The monoisotopic (exact) mass is 155 g/mol. The van der Waals surface area contributed by atoms with Gasteiger partial charge in [-0.3, -0.25) is 0 Å². The Balaban J connectivity index is 0. The van der Waals surface area contributed by atoms with Gasteiger partial charge in [0.15, 0.2) is 0 Å². The fourth-order valence-corrected chi connectivity index (χ4v) is 0.685. The third kappa shape index (κ3) is 12.5. The zero-order chi connectivity index (χ0) is 9.28. The van der Waals surface area contributed by atoms with Crippen molar-refractivity contribution in [3.63, 3.8) is 0 Å². The number of allylic oxidation sites excluding steroid dienone is 2. The standard InChI is InChI=1S/C8H15N.C2H6/c1-5-6-9(4)7-8(2)3;1-2/h5-7H,1-4H3;1-2H3/b6-5-;. The molecule has 0 aromatic rings. The van der Waals surface area contributed by atoms with Crippen molar-refractivity contribution >= 4 is 0 Å². The second-order valence-electron chi connectivity index (χ2n) is 2.35. The maximum atomic E-state index is 2.08. The molecular weight excluding hydrogens is 134 g/mol. The Hall–Kier alpha value is -0.720. The van der Waals surface area contributed by atoms with E-state index in [-0.39, 0.29) is 0 Å². The quantitative estimate of drug-likeness (QED) is 0.590. The van der Waals surface area contributed by atoms with Gasteiger partial charge in [-0.15, -0.1) is 0 Å². The largest absolute Gasteiger partial charge is 0.358 e. The molecule has 0 aromatic carbocycles. The Kier molecular flexibility index (Phi) is 10.9. The fraction of sp³-hybridized carbons (Fsp3) is 0.600. The minimum Gasteiger partial charge on any atom is -0.358 e. The third-order valence-corrected chi connectivity index (χ3v) is 0.846. The van der Waals surface area contributed by atoms with Gasteiger partial charge in [-0.25, -0.2) is 0 Å². The molecule has 0 atom stereocenters. The first-order valence-electron chi connectivity index (χ1n) is 4.16. The Bertz CT molecular complexity index is 119. The molecular formula is C10H21N. The smallest absolute Gasteiger partial charge is 0.0106 e. The normalized spacial score (nSPS) is 8.55. The predicted molar refractivity (Wildman–Crippen MR) is 53.4 cm³/mol. The van der Waals surface area contributed by atoms with Crippen molar-refractivity contribution in [3.8, 4) is 0 Å². The van der Waals surface area contributed by atoms with Crippen molar-refractivity contribution in [2.45, 2.75) is 34.6 Å². The Morgan fingerprint density at radius 2 is 1.64 bits per heavy atom. The highest BCUT2D eigenvalue weighted by Gasteiger charge is 1.80. The van der Waals surface area contributed by atoms with Gasteiger partial charge in [-0.05, 0) is 27.0 Å². The molecule has 0 radical (unpaired) electrons. The molecule has 0 aliphatic carbocycles. The number of rotatable bonds is 2. The van der Waals surface area contributed by atoms with E-state index in [2.05, 4.69) is 20.0 Å². The summed E-state index contributed by atoms with van der Waals surface area (Å²) in [6.07, 6.45) is 6.12. The van der Waals surface area contributed by atoms with Gasteiger partial charge in [0.2, 0.25) is 0 Å². The van der Waals surface area contributed by atoms with Gasteiger partial charge in [0.1, 0.15) is 0 Å². The molecule has 66 valence electrons. The average molecular weight is 155 g/mol. The summed E-state index contributed by atoms with van der Waals surface area (Å²) < 4.78 is 0. The highest BCUT2D eigenvalue weighted by molar-refractivity contribution is 4.95. The van der Waals surface area contributed by atoms with Crippen molar-refractivity contribution in [3.05, 3.63) is 24.0 Å². The van der Waals surface area contributed by atoms with E-state index in [0.717, 1.165) is 0 Å². The zero-order valence-electron chi connectivity index (χ0n) is 8.68. The minimum atomic E-state index is 1.32. The maximum Gasteiger partial charge on any atom is 0.0106 e.